The molecule has 2 amide bonds. The Hall–Kier alpha value is -2.78. The van der Waals surface area contributed by atoms with Crippen LogP contribution in [0.1, 0.15) is 36.5 Å². The molecule has 0 fully saturated rings. The lowest BCUT2D eigenvalue weighted by atomic mass is 10.0. The molecule has 0 aliphatic rings. The summed E-state index contributed by atoms with van der Waals surface area (Å²) in [4.78, 5) is 28.7. The standard InChI is InChI=1S/C30H34Cl3N3O4S/c1-4-34-30(38)28(19-22-10-6-5-7-11-22)35(20-23-15-16-25(32)26(33)18-23)29(37)14-9-17-36(41(3,39)40)27-13-8-12-24(31)21(27)2/h5-8,10-13,15-16,18,28H,4,9,14,17,19-20H2,1-3H3,(H,34,38)/t28-/m1/s1. The zero-order chi connectivity index (χ0) is 30.2. The molecule has 1 atom stereocenters. The Morgan fingerprint density at radius 1 is 0.902 bits per heavy atom. The van der Waals surface area contributed by atoms with E-state index in [4.69, 9.17) is 34.8 Å². The lowest BCUT2D eigenvalue weighted by Gasteiger charge is -2.32. The van der Waals surface area contributed by atoms with Crippen LogP contribution in [0.4, 0.5) is 5.69 Å². The summed E-state index contributed by atoms with van der Waals surface area (Å²) in [6.07, 6.45) is 1.66. The van der Waals surface area contributed by atoms with E-state index in [1.54, 1.807) is 43.3 Å². The van der Waals surface area contributed by atoms with Gasteiger partial charge in [0.25, 0.3) is 0 Å². The zero-order valence-electron chi connectivity index (χ0n) is 23.2. The van der Waals surface area contributed by atoms with Crippen molar-refractivity contribution in [1.29, 1.82) is 0 Å². The van der Waals surface area contributed by atoms with Crippen molar-refractivity contribution in [2.24, 2.45) is 0 Å². The molecule has 41 heavy (non-hydrogen) atoms. The number of hydrogen-bond donors (Lipinski definition) is 1. The van der Waals surface area contributed by atoms with Gasteiger partial charge in [-0.1, -0.05) is 77.3 Å². The van der Waals surface area contributed by atoms with Gasteiger partial charge >= 0.3 is 0 Å². The Morgan fingerprint density at radius 2 is 1.61 bits per heavy atom. The minimum absolute atomic E-state index is 0.0116. The van der Waals surface area contributed by atoms with Crippen molar-refractivity contribution in [3.05, 3.63) is 98.5 Å². The number of anilines is 1. The van der Waals surface area contributed by atoms with Gasteiger partial charge in [-0.3, -0.25) is 13.9 Å². The van der Waals surface area contributed by atoms with Crippen LogP contribution in [-0.2, 0) is 32.6 Å². The number of benzene rings is 3. The second kappa shape index (κ2) is 14.9. The number of hydrogen-bond acceptors (Lipinski definition) is 4. The predicted octanol–water partition coefficient (Wildman–Crippen LogP) is 6.28. The van der Waals surface area contributed by atoms with Gasteiger partial charge < -0.3 is 10.2 Å². The highest BCUT2D eigenvalue weighted by molar-refractivity contribution is 7.92. The fourth-order valence-electron chi connectivity index (χ4n) is 4.53. The van der Waals surface area contributed by atoms with Gasteiger partial charge in [0.2, 0.25) is 21.8 Å². The first-order valence-electron chi connectivity index (χ1n) is 13.2. The van der Waals surface area contributed by atoms with Crippen molar-refractivity contribution >= 4 is 62.3 Å². The van der Waals surface area contributed by atoms with E-state index in [1.165, 1.54) is 9.21 Å². The highest BCUT2D eigenvalue weighted by Crippen LogP contribution is 2.29. The number of carbonyl (C=O) groups is 2. The number of nitrogens with zero attached hydrogens (tertiary/aromatic N) is 2. The van der Waals surface area contributed by atoms with Gasteiger partial charge in [-0.2, -0.15) is 0 Å². The lowest BCUT2D eigenvalue weighted by molar-refractivity contribution is -0.141. The van der Waals surface area contributed by atoms with Crippen LogP contribution in [0.3, 0.4) is 0 Å². The average Bonchev–Trinajstić information content (AvgIpc) is 2.92. The summed E-state index contributed by atoms with van der Waals surface area (Å²) in [5.41, 5.74) is 2.70. The van der Waals surface area contributed by atoms with Gasteiger partial charge in [-0.25, -0.2) is 8.42 Å². The molecule has 0 aliphatic carbocycles. The topological polar surface area (TPSA) is 86.8 Å². The second-order valence-corrected chi connectivity index (χ2v) is 12.8. The zero-order valence-corrected chi connectivity index (χ0v) is 26.3. The van der Waals surface area contributed by atoms with Crippen molar-refractivity contribution in [3.63, 3.8) is 0 Å². The van der Waals surface area contributed by atoms with Gasteiger partial charge in [-0.15, -0.1) is 0 Å². The largest absolute Gasteiger partial charge is 0.355 e. The van der Waals surface area contributed by atoms with Crippen LogP contribution in [0.25, 0.3) is 0 Å². The van der Waals surface area contributed by atoms with E-state index in [9.17, 15) is 18.0 Å². The van der Waals surface area contributed by atoms with Crippen molar-refractivity contribution in [1.82, 2.24) is 10.2 Å². The number of nitrogens with one attached hydrogen (secondary N) is 1. The highest BCUT2D eigenvalue weighted by atomic mass is 35.5. The third kappa shape index (κ3) is 9.10. The van der Waals surface area contributed by atoms with Crippen molar-refractivity contribution < 1.29 is 18.0 Å². The average molecular weight is 639 g/mol. The minimum Gasteiger partial charge on any atom is -0.355 e. The second-order valence-electron chi connectivity index (χ2n) is 9.69. The van der Waals surface area contributed by atoms with Gasteiger partial charge in [0.1, 0.15) is 6.04 Å². The van der Waals surface area contributed by atoms with Gasteiger partial charge in [-0.05, 0) is 61.2 Å². The Bertz CT molecular complexity index is 1470. The predicted molar refractivity (Wildman–Crippen MR) is 167 cm³/mol. The van der Waals surface area contributed by atoms with Gasteiger partial charge in [0.05, 0.1) is 22.0 Å². The van der Waals surface area contributed by atoms with E-state index < -0.39 is 16.1 Å². The van der Waals surface area contributed by atoms with Crippen LogP contribution in [0, 0.1) is 6.92 Å². The van der Waals surface area contributed by atoms with E-state index in [2.05, 4.69) is 5.32 Å². The van der Waals surface area contributed by atoms with Crippen LogP contribution in [0.5, 0.6) is 0 Å². The van der Waals surface area contributed by atoms with E-state index in [1.807, 2.05) is 37.3 Å². The molecule has 11 heteroatoms. The van der Waals surface area contributed by atoms with E-state index in [0.717, 1.165) is 11.8 Å². The molecule has 0 heterocycles. The first-order chi connectivity index (χ1) is 19.4. The fourth-order valence-corrected chi connectivity index (χ4v) is 6.04. The van der Waals surface area contributed by atoms with Crippen molar-refractivity contribution in [2.75, 3.05) is 23.7 Å². The molecule has 0 aromatic heterocycles. The Labute approximate surface area is 257 Å². The third-order valence-corrected chi connectivity index (χ3v) is 8.95. The first kappa shape index (κ1) is 32.7. The molecule has 7 nitrogen and oxygen atoms in total. The smallest absolute Gasteiger partial charge is 0.243 e. The highest BCUT2D eigenvalue weighted by Gasteiger charge is 2.30. The normalized spacial score (nSPS) is 12.0. The van der Waals surface area contributed by atoms with Crippen molar-refractivity contribution in [2.45, 2.75) is 45.7 Å². The van der Waals surface area contributed by atoms with Crippen LogP contribution in [0.2, 0.25) is 15.1 Å². The molecule has 3 aromatic rings. The fraction of sp³-hybridized carbons (Fsp3) is 0.333. The quantitative estimate of drug-likeness (QED) is 0.239. The summed E-state index contributed by atoms with van der Waals surface area (Å²) in [6, 6.07) is 18.8. The van der Waals surface area contributed by atoms with E-state index >= 15 is 0 Å². The third-order valence-electron chi connectivity index (χ3n) is 6.62. The molecule has 0 spiro atoms. The number of halogens is 3. The number of likely N-dealkylation sites (N-methyl/N-ethyl adjacent to an activating group) is 1. The molecule has 0 saturated heterocycles. The Morgan fingerprint density at radius 3 is 2.24 bits per heavy atom. The summed E-state index contributed by atoms with van der Waals surface area (Å²) in [5, 5.41) is 4.03. The van der Waals surface area contributed by atoms with E-state index in [0.29, 0.717) is 44.8 Å². The summed E-state index contributed by atoms with van der Waals surface area (Å²) < 4.78 is 26.6. The summed E-state index contributed by atoms with van der Waals surface area (Å²) in [7, 11) is -3.65. The van der Waals surface area contributed by atoms with Crippen LogP contribution in [0.15, 0.2) is 66.7 Å². The summed E-state index contributed by atoms with van der Waals surface area (Å²) in [6.45, 7) is 4.16. The Kier molecular flexibility index (Phi) is 11.9. The molecule has 0 unspecified atom stereocenters. The van der Waals surface area contributed by atoms with Crippen LogP contribution in [-0.4, -0.2) is 50.5 Å². The number of carbonyl (C=O) groups excluding carboxylic acids is 2. The molecular weight excluding hydrogens is 605 g/mol. The molecule has 3 rings (SSSR count). The van der Waals surface area contributed by atoms with Gasteiger partial charge in [0, 0.05) is 37.5 Å². The maximum Gasteiger partial charge on any atom is 0.243 e. The van der Waals surface area contributed by atoms with Crippen LogP contribution >= 0.6 is 34.8 Å². The SMILES string of the molecule is CCNC(=O)[C@@H](Cc1ccccc1)N(Cc1ccc(Cl)c(Cl)c1)C(=O)CCCN(c1cccc(Cl)c1C)S(C)(=O)=O. The van der Waals surface area contributed by atoms with Crippen LogP contribution < -0.4 is 9.62 Å². The maximum absolute atomic E-state index is 13.8. The Balaban J connectivity index is 1.90. The molecule has 1 N–H and O–H groups in total. The molecule has 220 valence electrons. The first-order valence-corrected chi connectivity index (χ1v) is 16.2. The van der Waals surface area contributed by atoms with E-state index in [-0.39, 0.29) is 37.7 Å². The molecular formula is C30H34Cl3N3O4S. The molecule has 0 aliphatic heterocycles. The summed E-state index contributed by atoms with van der Waals surface area (Å²) >= 11 is 18.6. The molecule has 0 bridgehead atoms. The molecule has 3 aromatic carbocycles. The summed E-state index contributed by atoms with van der Waals surface area (Å²) in [5.74, 6) is -0.573. The number of rotatable bonds is 13. The van der Waals surface area contributed by atoms with Gasteiger partial charge in [0.15, 0.2) is 0 Å². The molecule has 0 radical (unpaired) electrons. The minimum atomic E-state index is -3.65. The number of sulfonamides is 1. The number of amides is 2. The van der Waals surface area contributed by atoms with Crippen molar-refractivity contribution in [3.8, 4) is 0 Å². The monoisotopic (exact) mass is 637 g/mol. The maximum atomic E-state index is 13.8. The lowest BCUT2D eigenvalue weighted by Crippen LogP contribution is -2.50. The molecule has 0 saturated carbocycles.